The number of aryl methyl sites for hydroxylation is 1. The molecule has 30 heavy (non-hydrogen) atoms. The van der Waals surface area contributed by atoms with Crippen molar-refractivity contribution < 1.29 is 9.53 Å². The molecule has 5 nitrogen and oxygen atoms in total. The van der Waals surface area contributed by atoms with E-state index >= 15 is 0 Å². The van der Waals surface area contributed by atoms with Gasteiger partial charge in [-0.25, -0.2) is 0 Å². The third kappa shape index (κ3) is 3.70. The smallest absolute Gasteiger partial charge is 0.229 e. The normalized spacial score (nSPS) is 18.9. The second kappa shape index (κ2) is 8.75. The van der Waals surface area contributed by atoms with Crippen LogP contribution in [0.4, 0.5) is 5.69 Å². The van der Waals surface area contributed by atoms with Crippen molar-refractivity contribution in [2.45, 2.75) is 25.7 Å². The predicted molar refractivity (Wildman–Crippen MR) is 123 cm³/mol. The summed E-state index contributed by atoms with van der Waals surface area (Å²) in [7, 11) is 1.61. The molecule has 2 aromatic rings. The number of amides is 1. The van der Waals surface area contributed by atoms with E-state index in [-0.39, 0.29) is 18.2 Å². The van der Waals surface area contributed by atoms with Crippen LogP contribution in [0.2, 0.25) is 0 Å². The minimum Gasteiger partial charge on any atom is -0.496 e. The fourth-order valence-electron chi connectivity index (χ4n) is 4.08. The number of halogens is 1. The third-order valence-corrected chi connectivity index (χ3v) is 7.22. The van der Waals surface area contributed by atoms with E-state index in [9.17, 15) is 10.1 Å². The maximum Gasteiger partial charge on any atom is 0.229 e. The van der Waals surface area contributed by atoms with Gasteiger partial charge in [0.1, 0.15) is 5.75 Å². The molecule has 2 aromatic carbocycles. The number of benzene rings is 2. The molecule has 2 heterocycles. The Morgan fingerprint density at radius 2 is 2.10 bits per heavy atom. The first-order valence-corrected chi connectivity index (χ1v) is 11.6. The number of hydrogen-bond donors (Lipinski definition) is 0. The molecular formula is C23H22BrN3O2S. The van der Waals surface area contributed by atoms with E-state index in [4.69, 9.17) is 4.74 Å². The molecule has 0 saturated carbocycles. The maximum absolute atomic E-state index is 13.2. The number of nitriles is 1. The van der Waals surface area contributed by atoms with E-state index in [1.807, 2.05) is 30.3 Å². The number of rotatable bonds is 4. The summed E-state index contributed by atoms with van der Waals surface area (Å²) in [6.45, 7) is 2.60. The average molecular weight is 484 g/mol. The minimum absolute atomic E-state index is 0.0298. The molecule has 2 aliphatic rings. The van der Waals surface area contributed by atoms with Crippen LogP contribution < -0.4 is 9.64 Å². The quantitative estimate of drug-likeness (QED) is 0.594. The van der Waals surface area contributed by atoms with Gasteiger partial charge in [0.15, 0.2) is 0 Å². The number of methoxy groups -OCH3 is 1. The van der Waals surface area contributed by atoms with Crippen LogP contribution in [-0.2, 0) is 11.2 Å². The molecule has 0 aliphatic carbocycles. The molecule has 0 bridgehead atoms. The van der Waals surface area contributed by atoms with Gasteiger partial charge in [-0.05, 0) is 36.2 Å². The SMILES string of the molecule is CCc1ccccc1N1CSC2=C(C#N)C(c3cc(Br)ccc3OC)CC(=O)N2C1. The monoisotopic (exact) mass is 483 g/mol. The third-order valence-electron chi connectivity index (χ3n) is 5.57. The van der Waals surface area contributed by atoms with Crippen molar-refractivity contribution in [3.63, 3.8) is 0 Å². The molecule has 2 aliphatic heterocycles. The van der Waals surface area contributed by atoms with Crippen molar-refractivity contribution in [2.75, 3.05) is 24.6 Å². The van der Waals surface area contributed by atoms with E-state index in [1.165, 1.54) is 5.56 Å². The lowest BCUT2D eigenvalue weighted by Gasteiger charge is -2.42. The second-order valence-electron chi connectivity index (χ2n) is 7.23. The zero-order valence-corrected chi connectivity index (χ0v) is 19.3. The Kier molecular flexibility index (Phi) is 6.07. The number of nitrogens with zero attached hydrogens (tertiary/aromatic N) is 3. The van der Waals surface area contributed by atoms with Crippen molar-refractivity contribution in [3.05, 3.63) is 68.7 Å². The molecule has 1 amide bonds. The molecule has 0 radical (unpaired) electrons. The van der Waals surface area contributed by atoms with Crippen LogP contribution in [0.25, 0.3) is 0 Å². The molecule has 154 valence electrons. The molecule has 0 N–H and O–H groups in total. The first-order valence-electron chi connectivity index (χ1n) is 9.81. The summed E-state index contributed by atoms with van der Waals surface area (Å²) in [6, 6.07) is 16.4. The van der Waals surface area contributed by atoms with Gasteiger partial charge in [-0.1, -0.05) is 52.8 Å². The fraction of sp³-hybridized carbons (Fsp3) is 0.304. The Balaban J connectivity index is 1.71. The molecule has 1 atom stereocenters. The summed E-state index contributed by atoms with van der Waals surface area (Å²) >= 11 is 5.06. The number of hydrogen-bond acceptors (Lipinski definition) is 5. The molecule has 0 aromatic heterocycles. The molecular weight excluding hydrogens is 462 g/mol. The van der Waals surface area contributed by atoms with Crippen molar-refractivity contribution >= 4 is 39.3 Å². The van der Waals surface area contributed by atoms with Gasteiger partial charge in [-0.15, -0.1) is 0 Å². The van der Waals surface area contributed by atoms with Gasteiger partial charge in [0, 0.05) is 28.1 Å². The fourth-order valence-corrected chi connectivity index (χ4v) is 5.61. The van der Waals surface area contributed by atoms with Gasteiger partial charge in [-0.3, -0.25) is 9.69 Å². The summed E-state index contributed by atoms with van der Waals surface area (Å²) in [5, 5.41) is 10.8. The standard InChI is InChI=1S/C23H22BrN3O2S/c1-3-15-6-4-5-7-20(15)26-13-27-22(28)11-17(19(12-25)23(27)30-14-26)18-10-16(24)8-9-21(18)29-2/h4-10,17H,3,11,13-14H2,1-2H3. The van der Waals surface area contributed by atoms with Crippen LogP contribution in [0.1, 0.15) is 30.4 Å². The van der Waals surface area contributed by atoms with Crippen molar-refractivity contribution in [3.8, 4) is 11.8 Å². The largest absolute Gasteiger partial charge is 0.496 e. The van der Waals surface area contributed by atoms with Gasteiger partial charge in [0.05, 0.1) is 36.3 Å². The summed E-state index contributed by atoms with van der Waals surface area (Å²) in [6.07, 6.45) is 1.19. The van der Waals surface area contributed by atoms with Gasteiger partial charge in [-0.2, -0.15) is 5.26 Å². The Morgan fingerprint density at radius 3 is 2.83 bits per heavy atom. The lowest BCUT2D eigenvalue weighted by molar-refractivity contribution is -0.129. The first-order chi connectivity index (χ1) is 14.6. The second-order valence-corrected chi connectivity index (χ2v) is 9.08. The zero-order valence-electron chi connectivity index (χ0n) is 16.9. The van der Waals surface area contributed by atoms with E-state index in [0.717, 1.165) is 27.2 Å². The summed E-state index contributed by atoms with van der Waals surface area (Å²) in [4.78, 5) is 17.2. The average Bonchev–Trinajstić information content (AvgIpc) is 2.78. The number of para-hydroxylation sites is 1. The van der Waals surface area contributed by atoms with Gasteiger partial charge < -0.3 is 9.64 Å². The maximum atomic E-state index is 13.2. The van der Waals surface area contributed by atoms with Crippen LogP contribution in [0.3, 0.4) is 0 Å². The number of allylic oxidation sites excluding steroid dienone is 1. The van der Waals surface area contributed by atoms with E-state index in [1.54, 1.807) is 23.8 Å². The van der Waals surface area contributed by atoms with Crippen molar-refractivity contribution in [2.24, 2.45) is 0 Å². The van der Waals surface area contributed by atoms with Crippen LogP contribution in [0.15, 0.2) is 57.5 Å². The number of ether oxygens (including phenoxy) is 1. The molecule has 1 unspecified atom stereocenters. The Labute approximate surface area is 189 Å². The number of anilines is 1. The Bertz CT molecular complexity index is 1060. The van der Waals surface area contributed by atoms with E-state index in [2.05, 4.69) is 46.0 Å². The highest BCUT2D eigenvalue weighted by molar-refractivity contribution is 9.10. The number of fused-ring (bicyclic) bond motifs is 1. The highest BCUT2D eigenvalue weighted by Crippen LogP contribution is 2.46. The van der Waals surface area contributed by atoms with Crippen molar-refractivity contribution in [1.82, 2.24) is 4.90 Å². The molecule has 1 saturated heterocycles. The molecule has 1 fully saturated rings. The van der Waals surface area contributed by atoms with Crippen LogP contribution in [0, 0.1) is 11.3 Å². The van der Waals surface area contributed by atoms with Gasteiger partial charge in [0.25, 0.3) is 0 Å². The lowest BCUT2D eigenvalue weighted by Crippen LogP contribution is -2.47. The van der Waals surface area contributed by atoms with Gasteiger partial charge >= 0.3 is 0 Å². The highest BCUT2D eigenvalue weighted by Gasteiger charge is 2.39. The van der Waals surface area contributed by atoms with Gasteiger partial charge in [0.2, 0.25) is 5.91 Å². The number of thioether (sulfide) groups is 1. The summed E-state index contributed by atoms with van der Waals surface area (Å²) in [5.41, 5.74) is 3.91. The molecule has 7 heteroatoms. The van der Waals surface area contributed by atoms with E-state index < -0.39 is 0 Å². The lowest BCUT2D eigenvalue weighted by atomic mass is 9.86. The minimum atomic E-state index is -0.303. The highest BCUT2D eigenvalue weighted by atomic mass is 79.9. The predicted octanol–water partition coefficient (Wildman–Crippen LogP) is 5.24. The summed E-state index contributed by atoms with van der Waals surface area (Å²) in [5.74, 6) is 1.12. The van der Waals surface area contributed by atoms with Crippen LogP contribution in [0.5, 0.6) is 5.75 Å². The Hall–Kier alpha value is -2.43. The van der Waals surface area contributed by atoms with Crippen LogP contribution in [-0.4, -0.2) is 30.5 Å². The molecule has 0 spiro atoms. The first kappa shape index (κ1) is 20.8. The van der Waals surface area contributed by atoms with Crippen LogP contribution >= 0.6 is 27.7 Å². The zero-order chi connectivity index (χ0) is 21.3. The van der Waals surface area contributed by atoms with E-state index in [0.29, 0.717) is 23.9 Å². The number of carbonyl (C=O) groups excluding carboxylic acids is 1. The molecule has 4 rings (SSSR count). The number of carbonyl (C=O) groups is 1. The summed E-state index contributed by atoms with van der Waals surface area (Å²) < 4.78 is 6.42. The topological polar surface area (TPSA) is 56.6 Å². The van der Waals surface area contributed by atoms with Crippen molar-refractivity contribution in [1.29, 1.82) is 5.26 Å². The Morgan fingerprint density at radius 1 is 1.30 bits per heavy atom.